The van der Waals surface area contributed by atoms with Gasteiger partial charge in [-0.1, -0.05) is 65.8 Å². The van der Waals surface area contributed by atoms with Crippen LogP contribution in [0.4, 0.5) is 5.69 Å². The lowest BCUT2D eigenvalue weighted by Gasteiger charge is -2.12. The third-order valence-electron chi connectivity index (χ3n) is 3.65. The summed E-state index contributed by atoms with van der Waals surface area (Å²) < 4.78 is 1.89. The van der Waals surface area contributed by atoms with Gasteiger partial charge in [0.05, 0.1) is 16.0 Å². The molecule has 1 amide bonds. The van der Waals surface area contributed by atoms with Crippen LogP contribution in [0.3, 0.4) is 0 Å². The fraction of sp³-hybridized carbons (Fsp3) is 0.167. The molecule has 5 nitrogen and oxygen atoms in total. The quantitative estimate of drug-likeness (QED) is 0.680. The van der Waals surface area contributed by atoms with Crippen LogP contribution in [0.25, 0.3) is 11.4 Å². The second kappa shape index (κ2) is 7.72. The third-order valence-corrected chi connectivity index (χ3v) is 5.11. The topological polar surface area (TPSA) is 59.8 Å². The number of benzene rings is 2. The Kier molecular flexibility index (Phi) is 5.40. The van der Waals surface area contributed by atoms with Crippen molar-refractivity contribution in [2.24, 2.45) is 7.05 Å². The highest BCUT2D eigenvalue weighted by atomic mass is 35.5. The van der Waals surface area contributed by atoms with Crippen molar-refractivity contribution in [3.63, 3.8) is 0 Å². The fourth-order valence-corrected chi connectivity index (χ4v) is 3.26. The molecule has 1 heterocycles. The number of rotatable bonds is 5. The van der Waals surface area contributed by atoms with Gasteiger partial charge in [0.25, 0.3) is 0 Å². The van der Waals surface area contributed by atoms with E-state index in [0.29, 0.717) is 15.9 Å². The van der Waals surface area contributed by atoms with Crippen molar-refractivity contribution in [1.29, 1.82) is 0 Å². The number of halogens is 1. The lowest BCUT2D eigenvalue weighted by atomic mass is 10.2. The van der Waals surface area contributed by atoms with E-state index >= 15 is 0 Å². The number of nitrogens with one attached hydrogen (secondary N) is 1. The Morgan fingerprint density at radius 3 is 2.52 bits per heavy atom. The maximum atomic E-state index is 12.4. The zero-order chi connectivity index (χ0) is 17.8. The van der Waals surface area contributed by atoms with Crippen LogP contribution < -0.4 is 5.32 Å². The minimum Gasteiger partial charge on any atom is -0.324 e. The summed E-state index contributed by atoms with van der Waals surface area (Å²) in [5, 5.41) is 12.1. The van der Waals surface area contributed by atoms with Gasteiger partial charge >= 0.3 is 0 Å². The molecule has 0 aliphatic carbocycles. The monoisotopic (exact) mass is 372 g/mol. The Balaban J connectivity index is 1.71. The van der Waals surface area contributed by atoms with Crippen molar-refractivity contribution >= 4 is 35.0 Å². The summed E-state index contributed by atoms with van der Waals surface area (Å²) in [5.41, 5.74) is 1.59. The molecule has 0 spiro atoms. The highest BCUT2D eigenvalue weighted by Gasteiger charge is 2.20. The number of anilines is 1. The highest BCUT2D eigenvalue weighted by molar-refractivity contribution is 8.00. The Labute approximate surface area is 155 Å². The average Bonchev–Trinajstić information content (AvgIpc) is 2.98. The first-order valence-corrected chi connectivity index (χ1v) is 8.99. The van der Waals surface area contributed by atoms with E-state index in [0.717, 1.165) is 11.4 Å². The van der Waals surface area contributed by atoms with Crippen LogP contribution >= 0.6 is 23.4 Å². The van der Waals surface area contributed by atoms with E-state index in [1.165, 1.54) is 11.8 Å². The summed E-state index contributed by atoms with van der Waals surface area (Å²) in [6.45, 7) is 1.83. The van der Waals surface area contributed by atoms with E-state index in [2.05, 4.69) is 15.5 Å². The van der Waals surface area contributed by atoms with Crippen LogP contribution in [0, 0.1) is 0 Å². The summed E-state index contributed by atoms with van der Waals surface area (Å²) in [5.74, 6) is 0.629. The van der Waals surface area contributed by atoms with Gasteiger partial charge in [0.2, 0.25) is 5.91 Å². The molecule has 0 radical (unpaired) electrons. The minimum absolute atomic E-state index is 0.137. The number of para-hydroxylation sites is 1. The lowest BCUT2D eigenvalue weighted by Crippen LogP contribution is -2.23. The first-order valence-electron chi connectivity index (χ1n) is 7.73. The maximum absolute atomic E-state index is 12.4. The molecule has 0 bridgehead atoms. The van der Waals surface area contributed by atoms with E-state index < -0.39 is 0 Å². The van der Waals surface area contributed by atoms with E-state index in [1.807, 2.05) is 61.0 Å². The van der Waals surface area contributed by atoms with E-state index in [9.17, 15) is 4.79 Å². The standard InChI is InChI=1S/C18H17ClN4OS/c1-12(17(24)20-15-11-7-6-10-14(15)19)25-18-22-21-16(23(18)2)13-8-4-3-5-9-13/h3-12H,1-2H3,(H,20,24)/t12-/m0/s1. The molecule has 1 atom stereocenters. The zero-order valence-electron chi connectivity index (χ0n) is 13.8. The van der Waals surface area contributed by atoms with Gasteiger partial charge < -0.3 is 9.88 Å². The molecule has 128 valence electrons. The summed E-state index contributed by atoms with van der Waals surface area (Å²) in [6.07, 6.45) is 0. The molecular formula is C18H17ClN4OS. The van der Waals surface area contributed by atoms with Crippen molar-refractivity contribution in [2.45, 2.75) is 17.3 Å². The number of hydrogen-bond acceptors (Lipinski definition) is 4. The molecule has 2 aromatic carbocycles. The largest absolute Gasteiger partial charge is 0.324 e. The molecule has 7 heteroatoms. The predicted octanol–water partition coefficient (Wildman–Crippen LogP) is 4.25. The van der Waals surface area contributed by atoms with Crippen LogP contribution in [0.15, 0.2) is 59.8 Å². The molecule has 0 unspecified atom stereocenters. The molecule has 0 saturated carbocycles. The molecule has 0 fully saturated rings. The number of amides is 1. The number of carbonyl (C=O) groups is 1. The van der Waals surface area contributed by atoms with E-state index in [-0.39, 0.29) is 11.2 Å². The van der Waals surface area contributed by atoms with Crippen LogP contribution in [0.1, 0.15) is 6.92 Å². The van der Waals surface area contributed by atoms with Gasteiger partial charge in [-0.15, -0.1) is 10.2 Å². The van der Waals surface area contributed by atoms with Crippen molar-refractivity contribution in [3.05, 3.63) is 59.6 Å². The van der Waals surface area contributed by atoms with Crippen molar-refractivity contribution in [2.75, 3.05) is 5.32 Å². The van der Waals surface area contributed by atoms with Gasteiger partial charge in [0.1, 0.15) is 0 Å². The number of carbonyl (C=O) groups excluding carboxylic acids is 1. The second-order valence-corrected chi connectivity index (χ2v) is 7.18. The first kappa shape index (κ1) is 17.5. The SMILES string of the molecule is C[C@H](Sc1nnc(-c2ccccc2)n1C)C(=O)Nc1ccccc1Cl. The number of aromatic nitrogens is 3. The Hall–Kier alpha value is -2.31. The first-order chi connectivity index (χ1) is 12.1. The van der Waals surface area contributed by atoms with Gasteiger partial charge in [0, 0.05) is 12.6 Å². The minimum atomic E-state index is -0.345. The molecular weight excluding hydrogens is 356 g/mol. The molecule has 3 aromatic rings. The number of hydrogen-bond donors (Lipinski definition) is 1. The highest BCUT2D eigenvalue weighted by Crippen LogP contribution is 2.27. The van der Waals surface area contributed by atoms with Crippen LogP contribution in [-0.4, -0.2) is 25.9 Å². The van der Waals surface area contributed by atoms with E-state index in [4.69, 9.17) is 11.6 Å². The zero-order valence-corrected chi connectivity index (χ0v) is 15.4. The van der Waals surface area contributed by atoms with Crippen molar-refractivity contribution in [1.82, 2.24) is 14.8 Å². The summed E-state index contributed by atoms with van der Waals surface area (Å²) in [4.78, 5) is 12.4. The smallest absolute Gasteiger partial charge is 0.237 e. The van der Waals surface area contributed by atoms with Crippen LogP contribution in [0.2, 0.25) is 5.02 Å². The van der Waals surface area contributed by atoms with Gasteiger partial charge in [0.15, 0.2) is 11.0 Å². The summed E-state index contributed by atoms with van der Waals surface area (Å²) in [6, 6.07) is 17.0. The van der Waals surface area contributed by atoms with Crippen molar-refractivity contribution < 1.29 is 4.79 Å². The van der Waals surface area contributed by atoms with Crippen LogP contribution in [0.5, 0.6) is 0 Å². The van der Waals surface area contributed by atoms with Gasteiger partial charge in [-0.25, -0.2) is 0 Å². The van der Waals surface area contributed by atoms with Crippen LogP contribution in [-0.2, 0) is 11.8 Å². The number of nitrogens with zero attached hydrogens (tertiary/aromatic N) is 3. The normalized spacial score (nSPS) is 12.0. The Morgan fingerprint density at radius 2 is 1.80 bits per heavy atom. The fourth-order valence-electron chi connectivity index (χ4n) is 2.26. The van der Waals surface area contributed by atoms with Gasteiger partial charge in [-0.05, 0) is 19.1 Å². The molecule has 0 aliphatic rings. The average molecular weight is 373 g/mol. The second-order valence-electron chi connectivity index (χ2n) is 5.46. The lowest BCUT2D eigenvalue weighted by molar-refractivity contribution is -0.115. The molecule has 3 rings (SSSR count). The predicted molar refractivity (Wildman–Crippen MR) is 102 cm³/mol. The molecule has 1 N–H and O–H groups in total. The molecule has 0 saturated heterocycles. The Morgan fingerprint density at radius 1 is 1.12 bits per heavy atom. The summed E-state index contributed by atoms with van der Waals surface area (Å²) >= 11 is 7.43. The maximum Gasteiger partial charge on any atom is 0.237 e. The molecule has 1 aromatic heterocycles. The summed E-state index contributed by atoms with van der Waals surface area (Å²) in [7, 11) is 1.89. The van der Waals surface area contributed by atoms with Gasteiger partial charge in [-0.3, -0.25) is 4.79 Å². The van der Waals surface area contributed by atoms with E-state index in [1.54, 1.807) is 12.1 Å². The van der Waals surface area contributed by atoms with Gasteiger partial charge in [-0.2, -0.15) is 0 Å². The third kappa shape index (κ3) is 4.03. The Bertz CT molecular complexity index is 882. The molecule has 0 aliphatic heterocycles. The molecule has 25 heavy (non-hydrogen) atoms. The number of thioether (sulfide) groups is 1. The van der Waals surface area contributed by atoms with Crippen molar-refractivity contribution in [3.8, 4) is 11.4 Å².